The predicted molar refractivity (Wildman–Crippen MR) is 80.5 cm³/mol. The molecule has 0 saturated carbocycles. The van der Waals surface area contributed by atoms with Crippen LogP contribution in [-0.2, 0) is 0 Å². The Hall–Kier alpha value is -1.30. The number of benzene rings is 1. The van der Waals surface area contributed by atoms with Gasteiger partial charge in [-0.3, -0.25) is 0 Å². The molecular formula is C15H20ClN2O3-. The van der Waals surface area contributed by atoms with Gasteiger partial charge >= 0.3 is 0 Å². The number of nitrogens with zero attached hydrogens (tertiary/aromatic N) is 2. The van der Waals surface area contributed by atoms with Gasteiger partial charge < -0.3 is 24.8 Å². The summed E-state index contributed by atoms with van der Waals surface area (Å²) in [7, 11) is 0. The van der Waals surface area contributed by atoms with Crippen LogP contribution in [0.5, 0.6) is 0 Å². The number of halogens is 1. The Balaban J connectivity index is 1.97. The van der Waals surface area contributed by atoms with Gasteiger partial charge in [-0.05, 0) is 44.1 Å². The maximum absolute atomic E-state index is 11.3. The first-order chi connectivity index (χ1) is 10.1. The molecule has 5 nitrogen and oxygen atoms in total. The number of aliphatic hydroxyl groups excluding tert-OH is 1. The smallest absolute Gasteiger partial charge is 0.141 e. The van der Waals surface area contributed by atoms with E-state index in [0.717, 1.165) is 30.8 Å². The van der Waals surface area contributed by atoms with Crippen molar-refractivity contribution in [3.05, 3.63) is 29.3 Å². The molecular weight excluding hydrogens is 292 g/mol. The topological polar surface area (TPSA) is 66.8 Å². The van der Waals surface area contributed by atoms with Crippen molar-refractivity contribution in [3.8, 4) is 0 Å². The van der Waals surface area contributed by atoms with Crippen molar-refractivity contribution in [2.24, 2.45) is 0 Å². The zero-order valence-electron chi connectivity index (χ0n) is 11.9. The Labute approximate surface area is 129 Å². The largest absolute Gasteiger partial charge is 0.530 e. The number of carbonyl (C=O) groups is 1. The molecule has 1 aromatic carbocycles. The second kappa shape index (κ2) is 7.64. The molecule has 116 valence electrons. The number of piperidine rings is 1. The van der Waals surface area contributed by atoms with Crippen LogP contribution in [-0.4, -0.2) is 48.4 Å². The van der Waals surface area contributed by atoms with Crippen molar-refractivity contribution in [2.45, 2.75) is 25.4 Å². The predicted octanol–water partition coefficient (Wildman–Crippen LogP) is 1.34. The fourth-order valence-electron chi connectivity index (χ4n) is 2.64. The van der Waals surface area contributed by atoms with Gasteiger partial charge in [0.05, 0.1) is 12.6 Å². The van der Waals surface area contributed by atoms with E-state index in [1.165, 1.54) is 6.42 Å². The number of hydrogen-bond donors (Lipinski definition) is 1. The van der Waals surface area contributed by atoms with Crippen molar-refractivity contribution >= 4 is 23.4 Å². The summed E-state index contributed by atoms with van der Waals surface area (Å²) < 4.78 is 0. The van der Waals surface area contributed by atoms with Crippen LogP contribution in [0, 0.1) is 0 Å². The minimum absolute atomic E-state index is 0.0147. The Morgan fingerprint density at radius 2 is 2.10 bits per heavy atom. The number of amides is 1. The number of aliphatic hydroxyl groups is 1. The van der Waals surface area contributed by atoms with Gasteiger partial charge in [-0.25, -0.2) is 0 Å². The van der Waals surface area contributed by atoms with Gasteiger partial charge in [0.25, 0.3) is 0 Å². The van der Waals surface area contributed by atoms with Gasteiger partial charge in [0, 0.05) is 17.3 Å². The van der Waals surface area contributed by atoms with Crippen LogP contribution in [0.25, 0.3) is 0 Å². The Kier molecular flexibility index (Phi) is 5.85. The van der Waals surface area contributed by atoms with E-state index >= 15 is 0 Å². The van der Waals surface area contributed by atoms with Crippen molar-refractivity contribution in [2.75, 3.05) is 31.1 Å². The van der Waals surface area contributed by atoms with E-state index < -0.39 is 12.2 Å². The van der Waals surface area contributed by atoms with Crippen molar-refractivity contribution in [3.63, 3.8) is 0 Å². The highest BCUT2D eigenvalue weighted by Crippen LogP contribution is 2.20. The number of rotatable bonds is 5. The average molecular weight is 312 g/mol. The highest BCUT2D eigenvalue weighted by molar-refractivity contribution is 6.30. The van der Waals surface area contributed by atoms with E-state index in [4.69, 9.17) is 11.6 Å². The molecule has 0 radical (unpaired) electrons. The first-order valence-corrected chi connectivity index (χ1v) is 7.58. The average Bonchev–Trinajstić information content (AvgIpc) is 2.45. The minimum atomic E-state index is -1.34. The van der Waals surface area contributed by atoms with E-state index in [1.807, 2.05) is 0 Å². The lowest BCUT2D eigenvalue weighted by atomic mass is 10.1. The van der Waals surface area contributed by atoms with Gasteiger partial charge in [0.1, 0.15) is 6.09 Å². The first-order valence-electron chi connectivity index (χ1n) is 7.21. The summed E-state index contributed by atoms with van der Waals surface area (Å²) in [5.41, 5.74) is 0.417. The molecule has 21 heavy (non-hydrogen) atoms. The summed E-state index contributed by atoms with van der Waals surface area (Å²) in [4.78, 5) is 14.5. The summed E-state index contributed by atoms with van der Waals surface area (Å²) in [6.07, 6.45) is 1.39. The maximum Gasteiger partial charge on any atom is 0.141 e. The van der Waals surface area contributed by atoms with Gasteiger partial charge in [-0.1, -0.05) is 24.1 Å². The molecule has 2 rings (SSSR count). The quantitative estimate of drug-likeness (QED) is 0.891. The van der Waals surface area contributed by atoms with Gasteiger partial charge in [0.15, 0.2) is 0 Å². The van der Waals surface area contributed by atoms with E-state index in [0.29, 0.717) is 17.3 Å². The summed E-state index contributed by atoms with van der Waals surface area (Å²) in [6, 6.07) is 6.52. The highest BCUT2D eigenvalue weighted by Gasteiger charge is 2.18. The molecule has 1 heterocycles. The molecule has 0 bridgehead atoms. The van der Waals surface area contributed by atoms with E-state index in [-0.39, 0.29) is 6.54 Å². The number of hydrogen-bond acceptors (Lipinski definition) is 4. The monoisotopic (exact) mass is 311 g/mol. The van der Waals surface area contributed by atoms with Crippen LogP contribution in [0.15, 0.2) is 24.3 Å². The van der Waals surface area contributed by atoms with E-state index in [1.54, 1.807) is 24.3 Å². The van der Waals surface area contributed by atoms with Gasteiger partial charge in [0.2, 0.25) is 0 Å². The van der Waals surface area contributed by atoms with Crippen LogP contribution in [0.2, 0.25) is 5.02 Å². The summed E-state index contributed by atoms with van der Waals surface area (Å²) in [5.74, 6) is 0. The van der Waals surface area contributed by atoms with E-state index in [9.17, 15) is 15.0 Å². The molecule has 1 aromatic rings. The van der Waals surface area contributed by atoms with Crippen LogP contribution in [0.3, 0.4) is 0 Å². The van der Waals surface area contributed by atoms with Gasteiger partial charge in [-0.2, -0.15) is 0 Å². The number of carboxylic acid groups (broad SMARTS) is 1. The van der Waals surface area contributed by atoms with Crippen LogP contribution in [0.1, 0.15) is 19.3 Å². The van der Waals surface area contributed by atoms with Gasteiger partial charge in [-0.15, -0.1) is 0 Å². The standard InChI is InChI=1S/C15H21ClN2O3/c16-12-5-4-6-13(9-12)18(15(20)21)11-14(19)10-17-7-2-1-3-8-17/h4-6,9,14,19H,1-3,7-8,10-11H2,(H,20,21)/p-1. The normalized spacial score (nSPS) is 17.4. The molecule has 1 aliphatic heterocycles. The Bertz CT molecular complexity index is 478. The molecule has 1 N–H and O–H groups in total. The third kappa shape index (κ3) is 4.88. The maximum atomic E-state index is 11.3. The zero-order chi connectivity index (χ0) is 15.2. The second-order valence-electron chi connectivity index (χ2n) is 5.37. The van der Waals surface area contributed by atoms with E-state index in [2.05, 4.69) is 4.90 Å². The summed E-state index contributed by atoms with van der Waals surface area (Å²) >= 11 is 5.88. The van der Waals surface area contributed by atoms with Crippen molar-refractivity contribution in [1.82, 2.24) is 4.90 Å². The molecule has 1 atom stereocenters. The molecule has 1 saturated heterocycles. The number of carbonyl (C=O) groups excluding carboxylic acids is 1. The number of anilines is 1. The molecule has 6 heteroatoms. The third-order valence-electron chi connectivity index (χ3n) is 3.65. The molecule has 1 amide bonds. The van der Waals surface area contributed by atoms with Crippen LogP contribution in [0.4, 0.5) is 10.5 Å². The SMILES string of the molecule is O=C([O-])N(CC(O)CN1CCCCC1)c1cccc(Cl)c1. The lowest BCUT2D eigenvalue weighted by Gasteiger charge is -2.32. The molecule has 1 unspecified atom stereocenters. The summed E-state index contributed by atoms with van der Waals surface area (Å²) in [5, 5.41) is 21.9. The van der Waals surface area contributed by atoms with Crippen LogP contribution >= 0.6 is 11.6 Å². The molecule has 0 aliphatic carbocycles. The summed E-state index contributed by atoms with van der Waals surface area (Å²) in [6.45, 7) is 2.38. The second-order valence-corrected chi connectivity index (χ2v) is 5.81. The lowest BCUT2D eigenvalue weighted by Crippen LogP contribution is -2.48. The molecule has 0 aromatic heterocycles. The minimum Gasteiger partial charge on any atom is -0.530 e. The molecule has 1 aliphatic rings. The number of likely N-dealkylation sites (tertiary alicyclic amines) is 1. The third-order valence-corrected chi connectivity index (χ3v) is 3.89. The molecule has 0 spiro atoms. The Morgan fingerprint density at radius 1 is 1.38 bits per heavy atom. The first kappa shape index (κ1) is 16.1. The Morgan fingerprint density at radius 3 is 2.71 bits per heavy atom. The lowest BCUT2D eigenvalue weighted by molar-refractivity contribution is -0.246. The highest BCUT2D eigenvalue weighted by atomic mass is 35.5. The van der Waals surface area contributed by atoms with Crippen molar-refractivity contribution in [1.29, 1.82) is 0 Å². The molecule has 1 fully saturated rings. The fourth-order valence-corrected chi connectivity index (χ4v) is 2.82. The van der Waals surface area contributed by atoms with Crippen molar-refractivity contribution < 1.29 is 15.0 Å². The zero-order valence-corrected chi connectivity index (χ0v) is 12.6. The van der Waals surface area contributed by atoms with Crippen LogP contribution < -0.4 is 10.0 Å². The number of β-amino-alcohol motifs (C(OH)–C–C–N with tert-alkyl or cyclic N) is 1. The fraction of sp³-hybridized carbons (Fsp3) is 0.533.